The van der Waals surface area contributed by atoms with Crippen LogP contribution in [0, 0.1) is 24.6 Å². The number of benzene rings is 2. The number of alkyl halides is 6. The minimum atomic E-state index is -4.99. The zero-order chi connectivity index (χ0) is 30.3. The van der Waals surface area contributed by atoms with Gasteiger partial charge < -0.3 is 14.7 Å². The number of carbonyl (C=O) groups excluding carboxylic acids is 1. The Bertz CT molecular complexity index is 1210. The predicted octanol–water partition coefficient (Wildman–Crippen LogP) is 8.08. The van der Waals surface area contributed by atoms with E-state index < -0.39 is 47.4 Å². The number of nitrogens with zero attached hydrogens (tertiary/aromatic N) is 3. The van der Waals surface area contributed by atoms with E-state index >= 15 is 0 Å². The Morgan fingerprint density at radius 2 is 1.54 bits per heavy atom. The molecule has 0 aliphatic carbocycles. The molecular formula is C30H36F7N3O. The monoisotopic (exact) mass is 587 g/mol. The molecule has 2 aliphatic heterocycles. The second kappa shape index (κ2) is 11.8. The fourth-order valence-electron chi connectivity index (χ4n) is 6.04. The summed E-state index contributed by atoms with van der Waals surface area (Å²) in [4.78, 5) is 19.1. The molecule has 11 heteroatoms. The van der Waals surface area contributed by atoms with Crippen molar-refractivity contribution >= 4 is 6.03 Å². The van der Waals surface area contributed by atoms with Crippen molar-refractivity contribution in [3.8, 4) is 0 Å². The zero-order valence-electron chi connectivity index (χ0n) is 23.6. The van der Waals surface area contributed by atoms with Crippen molar-refractivity contribution in [2.24, 2.45) is 11.8 Å². The molecule has 4 rings (SSSR count). The molecule has 2 aliphatic rings. The van der Waals surface area contributed by atoms with E-state index in [1.54, 1.807) is 17.9 Å². The van der Waals surface area contributed by atoms with Crippen LogP contribution in [-0.4, -0.2) is 54.0 Å². The van der Waals surface area contributed by atoms with Gasteiger partial charge in [0, 0.05) is 20.1 Å². The first kappa shape index (κ1) is 31.1. The molecule has 4 nitrogen and oxygen atoms in total. The van der Waals surface area contributed by atoms with E-state index in [0.717, 1.165) is 38.0 Å². The SMILES string of the molecule is Cc1cc(F)ccc1[C@H]1[C@H](CN2CCC(C)CC2)CCN1C(=O)N(C)[C@H](C)c1cc(C(F)(F)F)cc(C(F)(F)F)c1. The van der Waals surface area contributed by atoms with E-state index in [1.807, 2.05) is 0 Å². The van der Waals surface area contributed by atoms with Gasteiger partial charge in [-0.1, -0.05) is 13.0 Å². The number of hydrogen-bond acceptors (Lipinski definition) is 2. The minimum absolute atomic E-state index is 0.0330. The van der Waals surface area contributed by atoms with E-state index in [1.165, 1.54) is 31.0 Å². The van der Waals surface area contributed by atoms with Gasteiger partial charge in [-0.2, -0.15) is 26.3 Å². The van der Waals surface area contributed by atoms with Crippen LogP contribution in [0.15, 0.2) is 36.4 Å². The van der Waals surface area contributed by atoms with Gasteiger partial charge in [-0.15, -0.1) is 0 Å². The molecule has 0 saturated carbocycles. The molecule has 2 fully saturated rings. The molecule has 226 valence electrons. The average molecular weight is 588 g/mol. The van der Waals surface area contributed by atoms with Crippen LogP contribution in [-0.2, 0) is 12.4 Å². The average Bonchev–Trinajstić information content (AvgIpc) is 3.30. The molecule has 41 heavy (non-hydrogen) atoms. The van der Waals surface area contributed by atoms with Crippen LogP contribution in [0.1, 0.15) is 73.0 Å². The van der Waals surface area contributed by atoms with Crippen molar-refractivity contribution < 1.29 is 35.5 Å². The summed E-state index contributed by atoms with van der Waals surface area (Å²) in [6.45, 7) is 8.38. The predicted molar refractivity (Wildman–Crippen MR) is 142 cm³/mol. The molecular weight excluding hydrogens is 551 g/mol. The summed E-state index contributed by atoms with van der Waals surface area (Å²) in [7, 11) is 1.38. The molecule has 0 aromatic heterocycles. The molecule has 2 aromatic rings. The molecule has 2 heterocycles. The van der Waals surface area contributed by atoms with Crippen molar-refractivity contribution in [1.82, 2.24) is 14.7 Å². The van der Waals surface area contributed by atoms with Gasteiger partial charge >= 0.3 is 18.4 Å². The molecule has 2 amide bonds. The minimum Gasteiger partial charge on any atom is -0.321 e. The summed E-state index contributed by atoms with van der Waals surface area (Å²) in [6.07, 6.45) is -7.15. The summed E-state index contributed by atoms with van der Waals surface area (Å²) in [5, 5.41) is 0. The van der Waals surface area contributed by atoms with Gasteiger partial charge in [-0.3, -0.25) is 0 Å². The molecule has 0 spiro atoms. The Labute approximate surface area is 236 Å². The number of likely N-dealkylation sites (tertiary alicyclic amines) is 2. The fourth-order valence-corrected chi connectivity index (χ4v) is 6.04. The number of piperidine rings is 1. The van der Waals surface area contributed by atoms with Crippen LogP contribution in [0.5, 0.6) is 0 Å². The number of aryl methyl sites for hydroxylation is 1. The molecule has 2 saturated heterocycles. The maximum absolute atomic E-state index is 14.0. The smallest absolute Gasteiger partial charge is 0.321 e. The van der Waals surface area contributed by atoms with E-state index in [0.29, 0.717) is 36.6 Å². The third-order valence-corrected chi connectivity index (χ3v) is 8.66. The van der Waals surface area contributed by atoms with E-state index in [9.17, 15) is 35.5 Å². The first-order chi connectivity index (χ1) is 19.1. The van der Waals surface area contributed by atoms with Gasteiger partial charge in [0.1, 0.15) is 5.82 Å². The van der Waals surface area contributed by atoms with Gasteiger partial charge in [0.05, 0.1) is 23.2 Å². The molecule has 2 aromatic carbocycles. The van der Waals surface area contributed by atoms with Gasteiger partial charge in [0.15, 0.2) is 0 Å². The molecule has 0 N–H and O–H groups in total. The standard InChI is InChI=1S/C30H36F7N3O/c1-18-7-10-39(11-8-18)17-21-9-12-40(27(21)26-6-5-25(31)13-19(26)2)28(41)38(4)20(3)22-14-23(29(32,33)34)16-24(15-22)30(35,36)37/h5-6,13-16,18,20-21,27H,7-12,17H2,1-4H3/t20-,21+,27-/m1/s1. The lowest BCUT2D eigenvalue weighted by Crippen LogP contribution is -2.44. The van der Waals surface area contributed by atoms with Crippen molar-refractivity contribution in [2.45, 2.75) is 64.5 Å². The first-order valence-electron chi connectivity index (χ1n) is 13.9. The van der Waals surface area contributed by atoms with Gasteiger partial charge in [0.25, 0.3) is 0 Å². The van der Waals surface area contributed by atoms with Crippen LogP contribution in [0.3, 0.4) is 0 Å². The van der Waals surface area contributed by atoms with Crippen LogP contribution in [0.4, 0.5) is 35.5 Å². The lowest BCUT2D eigenvalue weighted by molar-refractivity contribution is -0.143. The molecule has 0 radical (unpaired) electrons. The summed E-state index contributed by atoms with van der Waals surface area (Å²) in [5.74, 6) is 0.275. The first-order valence-corrected chi connectivity index (χ1v) is 13.9. The normalized spacial score (nSPS) is 21.8. The Morgan fingerprint density at radius 1 is 0.951 bits per heavy atom. The number of rotatable bonds is 5. The number of urea groups is 1. The summed E-state index contributed by atoms with van der Waals surface area (Å²) in [6, 6.07) is 3.82. The van der Waals surface area contributed by atoms with Gasteiger partial charge in [-0.05, 0) is 105 Å². The maximum Gasteiger partial charge on any atom is 0.416 e. The van der Waals surface area contributed by atoms with E-state index in [-0.39, 0.29) is 17.5 Å². The highest BCUT2D eigenvalue weighted by molar-refractivity contribution is 5.76. The van der Waals surface area contributed by atoms with E-state index in [4.69, 9.17) is 0 Å². The largest absolute Gasteiger partial charge is 0.416 e. The quantitative estimate of drug-likeness (QED) is 0.331. The third-order valence-electron chi connectivity index (χ3n) is 8.66. The van der Waals surface area contributed by atoms with Crippen LogP contribution in [0.25, 0.3) is 0 Å². The van der Waals surface area contributed by atoms with Crippen LogP contribution < -0.4 is 0 Å². The van der Waals surface area contributed by atoms with Crippen molar-refractivity contribution in [3.63, 3.8) is 0 Å². The Hall–Kier alpha value is -2.82. The highest BCUT2D eigenvalue weighted by Gasteiger charge is 2.42. The van der Waals surface area contributed by atoms with E-state index in [2.05, 4.69) is 11.8 Å². The van der Waals surface area contributed by atoms with Gasteiger partial charge in [0.2, 0.25) is 0 Å². The van der Waals surface area contributed by atoms with Crippen LogP contribution in [0.2, 0.25) is 0 Å². The maximum atomic E-state index is 14.0. The number of halogens is 7. The lowest BCUT2D eigenvalue weighted by atomic mass is 9.89. The van der Waals surface area contributed by atoms with Crippen molar-refractivity contribution in [2.75, 3.05) is 33.2 Å². The fraction of sp³-hybridized carbons (Fsp3) is 0.567. The summed E-state index contributed by atoms with van der Waals surface area (Å²) >= 11 is 0. The Kier molecular flexibility index (Phi) is 8.97. The Balaban J connectivity index is 1.64. The topological polar surface area (TPSA) is 26.8 Å². The Morgan fingerprint density at radius 3 is 2.07 bits per heavy atom. The number of amides is 2. The second-order valence-corrected chi connectivity index (χ2v) is 11.6. The molecule has 3 atom stereocenters. The highest BCUT2D eigenvalue weighted by Crippen LogP contribution is 2.42. The lowest BCUT2D eigenvalue weighted by Gasteiger charge is -2.37. The zero-order valence-corrected chi connectivity index (χ0v) is 23.6. The summed E-state index contributed by atoms with van der Waals surface area (Å²) < 4.78 is 94.9. The second-order valence-electron chi connectivity index (χ2n) is 11.6. The van der Waals surface area contributed by atoms with Crippen LogP contribution >= 0.6 is 0 Å². The molecule has 0 unspecified atom stereocenters. The number of hydrogen-bond donors (Lipinski definition) is 0. The third kappa shape index (κ3) is 6.98. The van der Waals surface area contributed by atoms with Gasteiger partial charge in [-0.25, -0.2) is 9.18 Å². The van der Waals surface area contributed by atoms with Crippen molar-refractivity contribution in [1.29, 1.82) is 0 Å². The highest BCUT2D eigenvalue weighted by atomic mass is 19.4. The van der Waals surface area contributed by atoms with Crippen molar-refractivity contribution in [3.05, 3.63) is 70.0 Å². The summed E-state index contributed by atoms with van der Waals surface area (Å²) in [5.41, 5.74) is -1.66. The molecule has 0 bridgehead atoms. The number of carbonyl (C=O) groups is 1.